The van der Waals surface area contributed by atoms with Crippen molar-refractivity contribution in [1.29, 1.82) is 0 Å². The normalized spacial score (nSPS) is 31.7. The van der Waals surface area contributed by atoms with Crippen LogP contribution in [0.3, 0.4) is 0 Å². The zero-order valence-electron chi connectivity index (χ0n) is 16.6. The molecule has 134 valence electrons. The molecule has 0 spiro atoms. The van der Waals surface area contributed by atoms with Gasteiger partial charge in [0, 0.05) is 18.0 Å². The number of aryl methyl sites for hydroxylation is 1. The number of hydrogen-bond donors (Lipinski definition) is 1. The largest absolute Gasteiger partial charge is 0.493 e. The van der Waals surface area contributed by atoms with Gasteiger partial charge in [-0.25, -0.2) is 0 Å². The van der Waals surface area contributed by atoms with Crippen LogP contribution in [0.5, 0.6) is 5.75 Å². The van der Waals surface area contributed by atoms with Crippen LogP contribution in [0.4, 0.5) is 0 Å². The predicted octanol–water partition coefficient (Wildman–Crippen LogP) is 5.23. The van der Waals surface area contributed by atoms with Gasteiger partial charge in [-0.15, -0.1) is 0 Å². The van der Waals surface area contributed by atoms with E-state index in [4.69, 9.17) is 4.74 Å². The summed E-state index contributed by atoms with van der Waals surface area (Å²) in [6.45, 7) is 17.5. The smallest absolute Gasteiger partial charge is 0.125 e. The van der Waals surface area contributed by atoms with Gasteiger partial charge in [0.05, 0.1) is 6.61 Å². The highest BCUT2D eigenvalue weighted by molar-refractivity contribution is 5.47. The van der Waals surface area contributed by atoms with Crippen molar-refractivity contribution in [3.63, 3.8) is 0 Å². The van der Waals surface area contributed by atoms with E-state index in [-0.39, 0.29) is 11.0 Å². The fraction of sp³-hybridized carbons (Fsp3) is 0.727. The van der Waals surface area contributed by atoms with Crippen LogP contribution in [0, 0.1) is 18.3 Å². The van der Waals surface area contributed by atoms with E-state index in [0.717, 1.165) is 18.8 Å². The number of rotatable bonds is 1. The van der Waals surface area contributed by atoms with Crippen LogP contribution in [-0.2, 0) is 6.42 Å². The molecule has 0 aliphatic carbocycles. The Morgan fingerprint density at radius 2 is 1.83 bits per heavy atom. The monoisotopic (exact) mass is 329 g/mol. The maximum atomic E-state index is 5.84. The Bertz CT molecular complexity index is 617. The van der Waals surface area contributed by atoms with Gasteiger partial charge >= 0.3 is 0 Å². The Balaban J connectivity index is 2.04. The van der Waals surface area contributed by atoms with Crippen LogP contribution in [0.25, 0.3) is 0 Å². The van der Waals surface area contributed by atoms with Gasteiger partial charge in [0.1, 0.15) is 5.75 Å². The summed E-state index contributed by atoms with van der Waals surface area (Å²) >= 11 is 0. The third-order valence-corrected chi connectivity index (χ3v) is 6.02. The predicted molar refractivity (Wildman–Crippen MR) is 102 cm³/mol. The molecule has 0 bridgehead atoms. The summed E-state index contributed by atoms with van der Waals surface area (Å²) in [4.78, 5) is 0. The fourth-order valence-electron chi connectivity index (χ4n) is 5.98. The molecule has 2 heterocycles. The molecule has 1 aromatic rings. The van der Waals surface area contributed by atoms with Crippen molar-refractivity contribution in [2.75, 3.05) is 6.61 Å². The average molecular weight is 330 g/mol. The molecule has 1 fully saturated rings. The van der Waals surface area contributed by atoms with E-state index in [1.807, 2.05) is 0 Å². The van der Waals surface area contributed by atoms with Crippen molar-refractivity contribution in [3.05, 3.63) is 28.8 Å². The van der Waals surface area contributed by atoms with Crippen LogP contribution >= 0.6 is 0 Å². The molecule has 0 amide bonds. The molecule has 2 aliphatic rings. The van der Waals surface area contributed by atoms with Crippen molar-refractivity contribution in [2.24, 2.45) is 11.3 Å². The molecule has 1 N–H and O–H groups in total. The number of nitrogens with one attached hydrogen (secondary N) is 1. The maximum Gasteiger partial charge on any atom is 0.125 e. The van der Waals surface area contributed by atoms with Gasteiger partial charge in [-0.1, -0.05) is 32.9 Å². The Hall–Kier alpha value is -1.02. The Morgan fingerprint density at radius 3 is 2.54 bits per heavy atom. The first kappa shape index (κ1) is 17.8. The van der Waals surface area contributed by atoms with Crippen molar-refractivity contribution >= 4 is 0 Å². The van der Waals surface area contributed by atoms with Crippen molar-refractivity contribution in [2.45, 2.75) is 85.2 Å². The van der Waals surface area contributed by atoms with Crippen LogP contribution in [0.15, 0.2) is 12.1 Å². The second-order valence-corrected chi connectivity index (χ2v) is 9.71. The summed E-state index contributed by atoms with van der Waals surface area (Å²) in [6, 6.07) is 5.41. The number of hydrogen-bond acceptors (Lipinski definition) is 2. The van der Waals surface area contributed by atoms with Crippen LogP contribution in [-0.4, -0.2) is 18.2 Å². The van der Waals surface area contributed by atoms with Gasteiger partial charge in [0.2, 0.25) is 0 Å². The standard InChI is InChI=1S/C22H35NO/c1-14-10-16(3)23-22(6,7)13-21(4,5)19(14)18-11-15(2)20-17(12-18)8-9-24-20/h11-12,14,16,19,23H,8-10,13H2,1-7H3. The van der Waals surface area contributed by atoms with E-state index in [2.05, 4.69) is 65.9 Å². The highest BCUT2D eigenvalue weighted by Gasteiger charge is 2.42. The molecule has 0 saturated carbocycles. The third kappa shape index (κ3) is 3.35. The zero-order chi connectivity index (χ0) is 17.7. The number of ether oxygens (including phenoxy) is 1. The first-order valence-corrected chi connectivity index (χ1v) is 9.63. The van der Waals surface area contributed by atoms with Gasteiger partial charge in [0.25, 0.3) is 0 Å². The molecule has 1 aromatic carbocycles. The van der Waals surface area contributed by atoms with E-state index in [9.17, 15) is 0 Å². The molecule has 3 unspecified atom stereocenters. The molecular formula is C22H35NO. The molecule has 2 nitrogen and oxygen atoms in total. The summed E-state index contributed by atoms with van der Waals surface area (Å²) in [5.41, 5.74) is 4.70. The minimum absolute atomic E-state index is 0.177. The Kier molecular flexibility index (Phi) is 4.49. The lowest BCUT2D eigenvalue weighted by Crippen LogP contribution is -2.51. The SMILES string of the molecule is Cc1cc(C2C(C)CC(C)NC(C)(C)CC2(C)C)cc2c1OCC2. The van der Waals surface area contributed by atoms with E-state index < -0.39 is 0 Å². The summed E-state index contributed by atoms with van der Waals surface area (Å²) < 4.78 is 5.84. The fourth-order valence-corrected chi connectivity index (χ4v) is 5.98. The number of fused-ring (bicyclic) bond motifs is 1. The minimum atomic E-state index is 0.177. The highest BCUT2D eigenvalue weighted by atomic mass is 16.5. The second kappa shape index (κ2) is 6.05. The van der Waals surface area contributed by atoms with Crippen LogP contribution in [0.1, 0.15) is 77.0 Å². The third-order valence-electron chi connectivity index (χ3n) is 6.02. The van der Waals surface area contributed by atoms with E-state index >= 15 is 0 Å². The van der Waals surface area contributed by atoms with Crippen molar-refractivity contribution in [1.82, 2.24) is 5.32 Å². The van der Waals surface area contributed by atoms with E-state index in [1.54, 1.807) is 0 Å². The summed E-state index contributed by atoms with van der Waals surface area (Å²) in [7, 11) is 0. The zero-order valence-corrected chi connectivity index (χ0v) is 16.6. The lowest BCUT2D eigenvalue weighted by molar-refractivity contribution is 0.108. The van der Waals surface area contributed by atoms with Gasteiger partial charge < -0.3 is 10.1 Å². The van der Waals surface area contributed by atoms with Crippen LogP contribution < -0.4 is 10.1 Å². The maximum absolute atomic E-state index is 5.84. The number of benzene rings is 1. The average Bonchev–Trinajstić information content (AvgIpc) is 2.83. The molecule has 2 aliphatic heterocycles. The highest BCUT2D eigenvalue weighted by Crippen LogP contribution is 2.49. The van der Waals surface area contributed by atoms with Gasteiger partial charge in [-0.05, 0) is 74.5 Å². The second-order valence-electron chi connectivity index (χ2n) is 9.71. The Morgan fingerprint density at radius 1 is 1.12 bits per heavy atom. The lowest BCUT2D eigenvalue weighted by atomic mass is 9.62. The molecule has 2 heteroatoms. The lowest BCUT2D eigenvalue weighted by Gasteiger charge is -2.48. The summed E-state index contributed by atoms with van der Waals surface area (Å²) in [6.07, 6.45) is 3.48. The Labute approximate surface area is 148 Å². The molecule has 3 atom stereocenters. The summed E-state index contributed by atoms with van der Waals surface area (Å²) in [5.74, 6) is 2.40. The summed E-state index contributed by atoms with van der Waals surface area (Å²) in [5, 5.41) is 3.85. The molecule has 24 heavy (non-hydrogen) atoms. The quantitative estimate of drug-likeness (QED) is 0.762. The molecule has 1 saturated heterocycles. The molecule has 0 radical (unpaired) electrons. The first-order chi connectivity index (χ1) is 11.1. The van der Waals surface area contributed by atoms with E-state index in [0.29, 0.717) is 17.9 Å². The molecule has 3 rings (SSSR count). The molecule has 0 aromatic heterocycles. The van der Waals surface area contributed by atoms with Gasteiger partial charge in [-0.2, -0.15) is 0 Å². The minimum Gasteiger partial charge on any atom is -0.493 e. The first-order valence-electron chi connectivity index (χ1n) is 9.63. The van der Waals surface area contributed by atoms with E-state index in [1.165, 1.54) is 29.5 Å². The topological polar surface area (TPSA) is 21.3 Å². The van der Waals surface area contributed by atoms with Gasteiger partial charge in [-0.3, -0.25) is 0 Å². The molecular weight excluding hydrogens is 294 g/mol. The van der Waals surface area contributed by atoms with Crippen molar-refractivity contribution < 1.29 is 4.74 Å². The van der Waals surface area contributed by atoms with Gasteiger partial charge in [0.15, 0.2) is 0 Å². The van der Waals surface area contributed by atoms with Crippen molar-refractivity contribution in [3.8, 4) is 5.75 Å². The van der Waals surface area contributed by atoms with Crippen LogP contribution in [0.2, 0.25) is 0 Å².